The highest BCUT2D eigenvalue weighted by molar-refractivity contribution is 5.74. The predicted molar refractivity (Wildman–Crippen MR) is 85.4 cm³/mol. The molecule has 124 valence electrons. The quantitative estimate of drug-likeness (QED) is 0.789. The molecule has 3 aliphatic rings. The summed E-state index contributed by atoms with van der Waals surface area (Å²) in [5, 5.41) is 0. The minimum Gasteiger partial charge on any atom is -0.381 e. The predicted octanol–water partition coefficient (Wildman–Crippen LogP) is 1.60. The average Bonchev–Trinajstić information content (AvgIpc) is 3.24. The summed E-state index contributed by atoms with van der Waals surface area (Å²) in [4.78, 5) is 25.7. The Morgan fingerprint density at radius 3 is 2.65 bits per heavy atom. The van der Waals surface area contributed by atoms with Gasteiger partial charge in [0, 0.05) is 50.8 Å². The number of carbonyl (C=O) groups is 1. The highest BCUT2D eigenvalue weighted by Crippen LogP contribution is 2.29. The molecule has 6 nitrogen and oxygen atoms in total. The van der Waals surface area contributed by atoms with Gasteiger partial charge in [-0.15, -0.1) is 0 Å². The van der Waals surface area contributed by atoms with Gasteiger partial charge in [0.2, 0.25) is 0 Å². The highest BCUT2D eigenvalue weighted by Gasteiger charge is 2.29. The molecule has 0 bridgehead atoms. The number of likely N-dealkylation sites (tertiary alicyclic amines) is 1. The zero-order chi connectivity index (χ0) is 15.6. The minimum absolute atomic E-state index is 0.203. The molecule has 23 heavy (non-hydrogen) atoms. The first-order valence-corrected chi connectivity index (χ1v) is 8.77. The first kappa shape index (κ1) is 14.9. The molecule has 1 aromatic rings. The zero-order valence-corrected chi connectivity index (χ0v) is 13.5. The number of hydrogen-bond donors (Lipinski definition) is 0. The van der Waals surface area contributed by atoms with Gasteiger partial charge in [0.05, 0.1) is 12.3 Å². The van der Waals surface area contributed by atoms with E-state index < -0.39 is 0 Å². The van der Waals surface area contributed by atoms with Crippen LogP contribution in [0.5, 0.6) is 0 Å². The maximum absolute atomic E-state index is 12.6. The summed E-state index contributed by atoms with van der Waals surface area (Å²) in [7, 11) is 0. The van der Waals surface area contributed by atoms with Gasteiger partial charge in [0.25, 0.3) is 0 Å². The number of rotatable bonds is 1. The number of nitrogens with zero attached hydrogens (tertiary/aromatic N) is 4. The maximum Gasteiger partial charge on any atom is 0.320 e. The van der Waals surface area contributed by atoms with Crippen LogP contribution in [0.1, 0.15) is 42.1 Å². The van der Waals surface area contributed by atoms with Gasteiger partial charge < -0.3 is 14.5 Å². The first-order valence-electron chi connectivity index (χ1n) is 8.77. The van der Waals surface area contributed by atoms with Crippen LogP contribution < -0.4 is 0 Å². The number of hydrogen-bond acceptors (Lipinski definition) is 4. The molecule has 2 amide bonds. The van der Waals surface area contributed by atoms with Gasteiger partial charge in [-0.05, 0) is 31.2 Å². The third kappa shape index (κ3) is 2.92. The molecule has 0 unspecified atom stereocenters. The molecular formula is C17H24N4O2. The van der Waals surface area contributed by atoms with E-state index in [4.69, 9.17) is 4.74 Å². The van der Waals surface area contributed by atoms with Crippen molar-refractivity contribution < 1.29 is 9.53 Å². The van der Waals surface area contributed by atoms with Crippen molar-refractivity contribution in [1.29, 1.82) is 0 Å². The fraction of sp³-hybridized carbons (Fsp3) is 0.706. The molecule has 4 heterocycles. The SMILES string of the molecule is O=C(N1CCCC1)N1CCc2ncnc([C@@H]3CCOC3)c2CC1. The van der Waals surface area contributed by atoms with Crippen molar-refractivity contribution in [2.75, 3.05) is 39.4 Å². The van der Waals surface area contributed by atoms with E-state index in [0.717, 1.165) is 82.9 Å². The fourth-order valence-corrected chi connectivity index (χ4v) is 3.95. The molecule has 6 heteroatoms. The Morgan fingerprint density at radius 2 is 1.87 bits per heavy atom. The number of fused-ring (bicyclic) bond motifs is 1. The summed E-state index contributed by atoms with van der Waals surface area (Å²) in [6.07, 6.45) is 6.69. The molecule has 0 N–H and O–H groups in total. The van der Waals surface area contributed by atoms with E-state index in [1.165, 1.54) is 5.56 Å². The molecule has 0 aliphatic carbocycles. The van der Waals surface area contributed by atoms with Crippen molar-refractivity contribution in [3.05, 3.63) is 23.3 Å². The second kappa shape index (κ2) is 6.43. The van der Waals surface area contributed by atoms with Crippen LogP contribution in [0.2, 0.25) is 0 Å². The molecule has 0 radical (unpaired) electrons. The molecule has 1 aromatic heterocycles. The monoisotopic (exact) mass is 316 g/mol. The van der Waals surface area contributed by atoms with E-state index in [9.17, 15) is 4.79 Å². The van der Waals surface area contributed by atoms with Crippen molar-refractivity contribution in [3.63, 3.8) is 0 Å². The standard InChI is InChI=1S/C17H24N4O2/c22-17(20-6-1-2-7-20)21-8-3-14-15(4-9-21)18-12-19-16(14)13-5-10-23-11-13/h12-13H,1-11H2/t13-/m1/s1. The molecule has 2 saturated heterocycles. The summed E-state index contributed by atoms with van der Waals surface area (Å²) >= 11 is 0. The Labute approximate surface area is 136 Å². The second-order valence-electron chi connectivity index (χ2n) is 6.71. The molecule has 0 saturated carbocycles. The largest absolute Gasteiger partial charge is 0.381 e. The van der Waals surface area contributed by atoms with Gasteiger partial charge in [0.1, 0.15) is 6.33 Å². The molecule has 1 atom stereocenters. The van der Waals surface area contributed by atoms with Crippen LogP contribution in [0.3, 0.4) is 0 Å². The van der Waals surface area contributed by atoms with E-state index in [1.54, 1.807) is 6.33 Å². The number of aromatic nitrogens is 2. The first-order chi connectivity index (χ1) is 11.3. The zero-order valence-electron chi connectivity index (χ0n) is 13.5. The highest BCUT2D eigenvalue weighted by atomic mass is 16.5. The summed E-state index contributed by atoms with van der Waals surface area (Å²) in [5.74, 6) is 0.396. The molecule has 2 fully saturated rings. The lowest BCUT2D eigenvalue weighted by molar-refractivity contribution is 0.164. The van der Waals surface area contributed by atoms with E-state index in [2.05, 4.69) is 9.97 Å². The van der Waals surface area contributed by atoms with Crippen molar-refractivity contribution in [3.8, 4) is 0 Å². The number of carbonyl (C=O) groups excluding carboxylic acids is 1. The van der Waals surface area contributed by atoms with Crippen LogP contribution in [0.25, 0.3) is 0 Å². The van der Waals surface area contributed by atoms with Gasteiger partial charge >= 0.3 is 6.03 Å². The maximum atomic E-state index is 12.6. The minimum atomic E-state index is 0.203. The van der Waals surface area contributed by atoms with E-state index >= 15 is 0 Å². The Kier molecular flexibility index (Phi) is 4.16. The third-order valence-corrected chi connectivity index (χ3v) is 5.28. The topological polar surface area (TPSA) is 58.6 Å². The van der Waals surface area contributed by atoms with Gasteiger partial charge in [0.15, 0.2) is 0 Å². The summed E-state index contributed by atoms with van der Waals surface area (Å²) in [5.41, 5.74) is 3.54. The van der Waals surface area contributed by atoms with Crippen molar-refractivity contribution in [2.24, 2.45) is 0 Å². The van der Waals surface area contributed by atoms with Crippen LogP contribution in [-0.4, -0.2) is 65.2 Å². The van der Waals surface area contributed by atoms with Crippen LogP contribution >= 0.6 is 0 Å². The van der Waals surface area contributed by atoms with Crippen molar-refractivity contribution >= 4 is 6.03 Å². The van der Waals surface area contributed by atoms with Crippen molar-refractivity contribution in [2.45, 2.75) is 38.0 Å². The van der Waals surface area contributed by atoms with Crippen LogP contribution in [-0.2, 0) is 17.6 Å². The molecule has 0 spiro atoms. The number of urea groups is 1. The van der Waals surface area contributed by atoms with Gasteiger partial charge in [-0.25, -0.2) is 14.8 Å². The van der Waals surface area contributed by atoms with Crippen molar-refractivity contribution in [1.82, 2.24) is 19.8 Å². The van der Waals surface area contributed by atoms with Crippen LogP contribution in [0.4, 0.5) is 4.79 Å². The van der Waals surface area contributed by atoms with Crippen LogP contribution in [0, 0.1) is 0 Å². The summed E-state index contributed by atoms with van der Waals surface area (Å²) < 4.78 is 5.53. The number of ether oxygens (including phenoxy) is 1. The molecule has 0 aromatic carbocycles. The Hall–Kier alpha value is -1.69. The molecular weight excluding hydrogens is 292 g/mol. The summed E-state index contributed by atoms with van der Waals surface area (Å²) in [6.45, 7) is 4.94. The summed E-state index contributed by atoms with van der Waals surface area (Å²) in [6, 6.07) is 0.203. The van der Waals surface area contributed by atoms with Gasteiger partial charge in [-0.3, -0.25) is 0 Å². The normalized spacial score (nSPS) is 24.6. The van der Waals surface area contributed by atoms with Gasteiger partial charge in [-0.2, -0.15) is 0 Å². The Bertz CT molecular complexity index is 580. The van der Waals surface area contributed by atoms with E-state index in [1.807, 2.05) is 9.80 Å². The Balaban J connectivity index is 1.52. The van der Waals surface area contributed by atoms with E-state index in [-0.39, 0.29) is 6.03 Å². The third-order valence-electron chi connectivity index (χ3n) is 5.28. The molecule has 3 aliphatic heterocycles. The second-order valence-corrected chi connectivity index (χ2v) is 6.71. The number of amides is 2. The lowest BCUT2D eigenvalue weighted by Crippen LogP contribution is -2.43. The van der Waals surface area contributed by atoms with E-state index in [0.29, 0.717) is 5.92 Å². The smallest absolute Gasteiger partial charge is 0.320 e. The van der Waals surface area contributed by atoms with Crippen LogP contribution in [0.15, 0.2) is 6.33 Å². The lowest BCUT2D eigenvalue weighted by atomic mass is 9.96. The molecule has 4 rings (SSSR count). The fourth-order valence-electron chi connectivity index (χ4n) is 3.95. The average molecular weight is 316 g/mol. The lowest BCUT2D eigenvalue weighted by Gasteiger charge is -2.26. The Morgan fingerprint density at radius 1 is 1.09 bits per heavy atom. The van der Waals surface area contributed by atoms with Gasteiger partial charge in [-0.1, -0.05) is 0 Å².